The molecule has 0 saturated carbocycles. The summed E-state index contributed by atoms with van der Waals surface area (Å²) in [6.45, 7) is 6.47. The van der Waals surface area contributed by atoms with Crippen molar-refractivity contribution in [2.75, 3.05) is 0 Å². The van der Waals surface area contributed by atoms with Gasteiger partial charge < -0.3 is 0 Å². The summed E-state index contributed by atoms with van der Waals surface area (Å²) in [4.78, 5) is 3.85. The molecule has 0 unspecified atom stereocenters. The van der Waals surface area contributed by atoms with Crippen LogP contribution in [0.25, 0.3) is 0 Å². The second kappa shape index (κ2) is 8.25. The largest absolute Gasteiger partial charge is 0.265 e. The van der Waals surface area contributed by atoms with Crippen LogP contribution >= 0.6 is 0 Å². The van der Waals surface area contributed by atoms with Crippen LogP contribution in [0.3, 0.4) is 0 Å². The third kappa shape index (κ3) is 7.26. The zero-order valence-corrected chi connectivity index (χ0v) is 8.38. The number of unbranched alkanes of at least 4 members (excludes halogenated alkanes) is 2. The molecule has 0 aliphatic rings. The molecule has 12 heavy (non-hydrogen) atoms. The molecule has 68 valence electrons. The van der Waals surface area contributed by atoms with Gasteiger partial charge in [0.05, 0.1) is 0 Å². The van der Waals surface area contributed by atoms with E-state index in [1.165, 1.54) is 24.8 Å². The van der Waals surface area contributed by atoms with E-state index in [9.17, 15) is 0 Å². The topological polar surface area (TPSA) is 12.9 Å². The standard InChI is InChI=1S/C6H7N.C5H12/c1-6-2-4-7-5-3-6;1-3-5-4-2/h2-5H,1H3;3-5H2,1-2H3. The number of aromatic nitrogens is 1. The van der Waals surface area contributed by atoms with E-state index >= 15 is 0 Å². The predicted molar refractivity (Wildman–Crippen MR) is 54.2 cm³/mol. The highest BCUT2D eigenvalue weighted by molar-refractivity contribution is 5.05. The van der Waals surface area contributed by atoms with Gasteiger partial charge in [0, 0.05) is 12.4 Å². The van der Waals surface area contributed by atoms with E-state index in [2.05, 4.69) is 18.8 Å². The molecule has 0 amide bonds. The molecule has 1 heteroatoms. The maximum absolute atomic E-state index is 3.85. The van der Waals surface area contributed by atoms with E-state index in [1.807, 2.05) is 19.1 Å². The van der Waals surface area contributed by atoms with Gasteiger partial charge in [-0.25, -0.2) is 0 Å². The molecule has 0 aromatic carbocycles. The number of rotatable bonds is 2. The van der Waals surface area contributed by atoms with Crippen LogP contribution in [0.15, 0.2) is 24.5 Å². The molecule has 0 aliphatic carbocycles. The average molecular weight is 165 g/mol. The first-order valence-electron chi connectivity index (χ1n) is 4.67. The predicted octanol–water partition coefficient (Wildman–Crippen LogP) is 3.59. The molecule has 0 radical (unpaired) electrons. The van der Waals surface area contributed by atoms with Gasteiger partial charge in [0.25, 0.3) is 0 Å². The van der Waals surface area contributed by atoms with Crippen LogP contribution in [0.1, 0.15) is 38.7 Å². The molecule has 0 atom stereocenters. The fraction of sp³-hybridized carbons (Fsp3) is 0.545. The molecule has 0 N–H and O–H groups in total. The molecule has 0 aliphatic heterocycles. The van der Waals surface area contributed by atoms with Crippen molar-refractivity contribution in [3.63, 3.8) is 0 Å². The lowest BCUT2D eigenvalue weighted by molar-refractivity contribution is 0.772. The van der Waals surface area contributed by atoms with Crippen LogP contribution in [0.2, 0.25) is 0 Å². The summed E-state index contributed by atoms with van der Waals surface area (Å²) in [5.74, 6) is 0. The van der Waals surface area contributed by atoms with Crippen molar-refractivity contribution in [2.24, 2.45) is 0 Å². The van der Waals surface area contributed by atoms with Gasteiger partial charge in [0.1, 0.15) is 0 Å². The van der Waals surface area contributed by atoms with Crippen molar-refractivity contribution < 1.29 is 0 Å². The van der Waals surface area contributed by atoms with Gasteiger partial charge in [0.15, 0.2) is 0 Å². The molecule has 1 heterocycles. The summed E-state index contributed by atoms with van der Waals surface area (Å²) < 4.78 is 0. The number of hydrogen-bond donors (Lipinski definition) is 0. The Morgan fingerprint density at radius 1 is 1.08 bits per heavy atom. The minimum atomic E-state index is 1.26. The second-order valence-corrected chi connectivity index (χ2v) is 2.88. The van der Waals surface area contributed by atoms with E-state index in [0.29, 0.717) is 0 Å². The van der Waals surface area contributed by atoms with E-state index in [1.54, 1.807) is 12.4 Å². The maximum Gasteiger partial charge on any atom is 0.0270 e. The number of hydrogen-bond acceptors (Lipinski definition) is 1. The molecular formula is C11H19N. The first kappa shape index (κ1) is 11.2. The summed E-state index contributed by atoms with van der Waals surface area (Å²) in [5.41, 5.74) is 1.26. The van der Waals surface area contributed by atoms with E-state index in [4.69, 9.17) is 0 Å². The van der Waals surface area contributed by atoms with Crippen molar-refractivity contribution in [1.82, 2.24) is 4.98 Å². The van der Waals surface area contributed by atoms with Gasteiger partial charge in [-0.1, -0.05) is 33.1 Å². The summed E-state index contributed by atoms with van der Waals surface area (Å²) in [7, 11) is 0. The Morgan fingerprint density at radius 3 is 1.75 bits per heavy atom. The first-order valence-corrected chi connectivity index (χ1v) is 4.67. The summed E-state index contributed by atoms with van der Waals surface area (Å²) in [5, 5.41) is 0. The van der Waals surface area contributed by atoms with Gasteiger partial charge in [-0.05, 0) is 24.6 Å². The van der Waals surface area contributed by atoms with Crippen LogP contribution in [0, 0.1) is 6.92 Å². The molecule has 1 aromatic rings. The van der Waals surface area contributed by atoms with Gasteiger partial charge in [-0.2, -0.15) is 0 Å². The van der Waals surface area contributed by atoms with Crippen LogP contribution in [-0.4, -0.2) is 4.98 Å². The molecule has 0 spiro atoms. The first-order chi connectivity index (χ1) is 5.81. The highest BCUT2D eigenvalue weighted by Gasteiger charge is 1.73. The zero-order chi connectivity index (χ0) is 9.23. The average Bonchev–Trinajstić information content (AvgIpc) is 2.08. The van der Waals surface area contributed by atoms with E-state index in [-0.39, 0.29) is 0 Å². The van der Waals surface area contributed by atoms with Crippen LogP contribution < -0.4 is 0 Å². The lowest BCUT2D eigenvalue weighted by atomic mass is 10.3. The third-order valence-corrected chi connectivity index (χ3v) is 1.55. The fourth-order valence-corrected chi connectivity index (χ4v) is 0.780. The summed E-state index contributed by atoms with van der Waals surface area (Å²) in [6.07, 6.45) is 7.65. The SMILES string of the molecule is CCCCC.Cc1ccncc1. The van der Waals surface area contributed by atoms with Crippen molar-refractivity contribution in [2.45, 2.75) is 40.0 Å². The van der Waals surface area contributed by atoms with Crippen LogP contribution in [-0.2, 0) is 0 Å². The van der Waals surface area contributed by atoms with Crippen molar-refractivity contribution in [1.29, 1.82) is 0 Å². The minimum absolute atomic E-state index is 1.26. The molecule has 0 fully saturated rings. The van der Waals surface area contributed by atoms with Crippen LogP contribution in [0.4, 0.5) is 0 Å². The van der Waals surface area contributed by atoms with Crippen molar-refractivity contribution in [3.8, 4) is 0 Å². The Hall–Kier alpha value is -0.850. The Morgan fingerprint density at radius 2 is 1.58 bits per heavy atom. The lowest BCUT2D eigenvalue weighted by Crippen LogP contribution is -1.68. The Labute approximate surface area is 75.8 Å². The molecule has 1 aromatic heterocycles. The number of nitrogens with zero attached hydrogens (tertiary/aromatic N) is 1. The molecule has 1 rings (SSSR count). The third-order valence-electron chi connectivity index (χ3n) is 1.55. The molecule has 0 saturated heterocycles. The quantitative estimate of drug-likeness (QED) is 0.652. The van der Waals surface area contributed by atoms with Crippen molar-refractivity contribution in [3.05, 3.63) is 30.1 Å². The van der Waals surface area contributed by atoms with E-state index in [0.717, 1.165) is 0 Å². The zero-order valence-electron chi connectivity index (χ0n) is 8.38. The molecule has 0 bridgehead atoms. The Bertz CT molecular complexity index is 168. The minimum Gasteiger partial charge on any atom is -0.265 e. The fourth-order valence-electron chi connectivity index (χ4n) is 0.780. The summed E-state index contributed by atoms with van der Waals surface area (Å²) >= 11 is 0. The Kier molecular flexibility index (Phi) is 7.66. The highest BCUT2D eigenvalue weighted by Crippen LogP contribution is 1.89. The number of aryl methyl sites for hydroxylation is 1. The van der Waals surface area contributed by atoms with Crippen molar-refractivity contribution >= 4 is 0 Å². The van der Waals surface area contributed by atoms with Gasteiger partial charge >= 0.3 is 0 Å². The van der Waals surface area contributed by atoms with Gasteiger partial charge in [-0.15, -0.1) is 0 Å². The highest BCUT2D eigenvalue weighted by atomic mass is 14.6. The monoisotopic (exact) mass is 165 g/mol. The second-order valence-electron chi connectivity index (χ2n) is 2.88. The molecule has 1 nitrogen and oxygen atoms in total. The van der Waals surface area contributed by atoms with Crippen LogP contribution in [0.5, 0.6) is 0 Å². The summed E-state index contributed by atoms with van der Waals surface area (Å²) in [6, 6.07) is 3.94. The van der Waals surface area contributed by atoms with E-state index < -0.39 is 0 Å². The van der Waals surface area contributed by atoms with Gasteiger partial charge in [-0.3, -0.25) is 4.98 Å². The Balaban J connectivity index is 0.000000217. The normalized spacial score (nSPS) is 8.58. The molecular weight excluding hydrogens is 146 g/mol. The maximum atomic E-state index is 3.85. The number of pyridine rings is 1. The smallest absolute Gasteiger partial charge is 0.0270 e. The van der Waals surface area contributed by atoms with Gasteiger partial charge in [0.2, 0.25) is 0 Å². The lowest BCUT2D eigenvalue weighted by Gasteiger charge is -1.82.